The molecule has 51 heavy (non-hydrogen) atoms. The molecule has 0 fully saturated rings. The van der Waals surface area contributed by atoms with Crippen LogP contribution in [0.4, 0.5) is 10.6 Å². The molecule has 0 radical (unpaired) electrons. The first-order valence-electron chi connectivity index (χ1n) is 16.4. The van der Waals surface area contributed by atoms with Gasteiger partial charge in [0.05, 0.1) is 32.5 Å². The number of amides is 2. The van der Waals surface area contributed by atoms with Crippen molar-refractivity contribution in [3.8, 4) is 23.0 Å². The Balaban J connectivity index is 1.23. The normalized spacial score (nSPS) is 13.0. The van der Waals surface area contributed by atoms with E-state index in [1.165, 1.54) is 10.8 Å². The Morgan fingerprint density at radius 2 is 1.69 bits per heavy atom. The van der Waals surface area contributed by atoms with E-state index in [1.54, 1.807) is 67.9 Å². The first kappa shape index (κ1) is 34.7. The van der Waals surface area contributed by atoms with E-state index in [-0.39, 0.29) is 24.0 Å². The summed E-state index contributed by atoms with van der Waals surface area (Å²) in [5.74, 6) is 1.68. The second kappa shape index (κ2) is 14.8. The molecule has 0 unspecified atom stereocenters. The number of rotatable bonds is 9. The topological polar surface area (TPSA) is 134 Å². The lowest BCUT2D eigenvalue weighted by atomic mass is 9.99. The van der Waals surface area contributed by atoms with Gasteiger partial charge in [0.15, 0.2) is 11.5 Å². The fourth-order valence-electron chi connectivity index (χ4n) is 5.66. The molecule has 0 bridgehead atoms. The predicted octanol–water partition coefficient (Wildman–Crippen LogP) is 6.93. The molecule has 5 aromatic rings. The number of benzene rings is 2. The van der Waals surface area contributed by atoms with Crippen molar-refractivity contribution < 1.29 is 28.5 Å². The number of nitrogens with one attached hydrogen (secondary N) is 1. The largest absolute Gasteiger partial charge is 0.493 e. The molecule has 2 amide bonds. The van der Waals surface area contributed by atoms with E-state index >= 15 is 0 Å². The highest BCUT2D eigenvalue weighted by atomic mass is 16.6. The van der Waals surface area contributed by atoms with Crippen LogP contribution in [0.2, 0.25) is 0 Å². The van der Waals surface area contributed by atoms with Crippen molar-refractivity contribution in [2.24, 2.45) is 0 Å². The fraction of sp³-hybridized carbons (Fsp3) is 0.256. The van der Waals surface area contributed by atoms with Gasteiger partial charge in [-0.1, -0.05) is 36.4 Å². The van der Waals surface area contributed by atoms with Crippen LogP contribution in [-0.2, 0) is 11.3 Å². The smallest absolute Gasteiger partial charge is 0.410 e. The van der Waals surface area contributed by atoms with E-state index in [9.17, 15) is 14.4 Å². The van der Waals surface area contributed by atoms with Crippen LogP contribution in [-0.4, -0.2) is 64.3 Å². The van der Waals surface area contributed by atoms with Crippen LogP contribution >= 0.6 is 0 Å². The zero-order valence-corrected chi connectivity index (χ0v) is 29.1. The Morgan fingerprint density at radius 3 is 2.35 bits per heavy atom. The maximum atomic E-state index is 13.7. The molecule has 3 aromatic heterocycles. The Labute approximate surface area is 295 Å². The molecule has 0 atom stereocenters. The van der Waals surface area contributed by atoms with Gasteiger partial charge >= 0.3 is 6.09 Å². The molecule has 0 saturated heterocycles. The zero-order chi connectivity index (χ0) is 36.1. The molecule has 1 aliphatic heterocycles. The summed E-state index contributed by atoms with van der Waals surface area (Å²) in [6, 6.07) is 19.7. The van der Waals surface area contributed by atoms with Gasteiger partial charge in [-0.3, -0.25) is 14.6 Å². The summed E-state index contributed by atoms with van der Waals surface area (Å²) in [6.07, 6.45) is 6.95. The van der Waals surface area contributed by atoms with Gasteiger partial charge in [-0.15, -0.1) is 0 Å². The van der Waals surface area contributed by atoms with E-state index in [0.29, 0.717) is 53.4 Å². The summed E-state index contributed by atoms with van der Waals surface area (Å²) in [5.41, 5.74) is 2.13. The first-order valence-corrected chi connectivity index (χ1v) is 16.4. The van der Waals surface area contributed by atoms with Gasteiger partial charge in [0, 0.05) is 36.9 Å². The van der Waals surface area contributed by atoms with Gasteiger partial charge in [0.25, 0.3) is 11.5 Å². The molecule has 2 aromatic carbocycles. The van der Waals surface area contributed by atoms with Crippen LogP contribution in [0.25, 0.3) is 16.5 Å². The monoisotopic (exact) mass is 689 g/mol. The Morgan fingerprint density at radius 1 is 0.922 bits per heavy atom. The number of aromatic nitrogens is 3. The third-order valence-electron chi connectivity index (χ3n) is 8.17. The molecule has 4 heterocycles. The quantitative estimate of drug-likeness (QED) is 0.175. The van der Waals surface area contributed by atoms with E-state index in [1.807, 2.05) is 57.2 Å². The van der Waals surface area contributed by atoms with Crippen molar-refractivity contribution in [1.29, 1.82) is 0 Å². The molecule has 0 spiro atoms. The summed E-state index contributed by atoms with van der Waals surface area (Å²) < 4.78 is 24.0. The first-order chi connectivity index (χ1) is 24.5. The van der Waals surface area contributed by atoms with Crippen molar-refractivity contribution in [2.75, 3.05) is 32.6 Å². The minimum atomic E-state index is -0.600. The standard InChI is InChI=1S/C39H39N5O7/c1-39(2,3)51-38(47)43-17-14-26(15-18-43)27-19-30(37(46)44(24-27)23-25-9-7-6-8-10-25)36(45)42-35-12-11-28(22-41-35)50-32-13-16-40-31-21-34(49-5)33(48-4)20-29(31)32/h6-14,16,19-22,24H,15,17-18,23H2,1-5H3,(H,41,42,45). The molecule has 262 valence electrons. The van der Waals surface area contributed by atoms with Crippen LogP contribution in [0.15, 0.2) is 96.2 Å². The predicted molar refractivity (Wildman–Crippen MR) is 194 cm³/mol. The average molecular weight is 690 g/mol. The third kappa shape index (κ3) is 8.18. The maximum absolute atomic E-state index is 13.7. The van der Waals surface area contributed by atoms with E-state index in [0.717, 1.165) is 16.7 Å². The van der Waals surface area contributed by atoms with Crippen LogP contribution in [0.1, 0.15) is 48.7 Å². The van der Waals surface area contributed by atoms with E-state index in [2.05, 4.69) is 15.3 Å². The number of carbonyl (C=O) groups excluding carboxylic acids is 2. The lowest BCUT2D eigenvalue weighted by molar-refractivity contribution is 0.0270. The molecule has 1 N–H and O–H groups in total. The number of methoxy groups -OCH3 is 2. The molecule has 6 rings (SSSR count). The summed E-state index contributed by atoms with van der Waals surface area (Å²) in [6.45, 7) is 6.55. The molecule has 12 heteroatoms. The molecule has 0 aliphatic carbocycles. The second-order valence-corrected chi connectivity index (χ2v) is 12.9. The molecular weight excluding hydrogens is 650 g/mol. The zero-order valence-electron chi connectivity index (χ0n) is 29.1. The van der Waals surface area contributed by atoms with E-state index in [4.69, 9.17) is 18.9 Å². The van der Waals surface area contributed by atoms with Crippen molar-refractivity contribution in [2.45, 2.75) is 39.3 Å². The molecule has 12 nitrogen and oxygen atoms in total. The fourth-order valence-corrected chi connectivity index (χ4v) is 5.66. The highest BCUT2D eigenvalue weighted by Gasteiger charge is 2.25. The SMILES string of the molecule is COc1cc2nccc(Oc3ccc(NC(=O)c4cc(C5=CCN(C(=O)OC(C)(C)C)CC5)cn(Cc5ccccc5)c4=O)nc3)c2cc1OC. The van der Waals surface area contributed by atoms with Crippen LogP contribution < -0.4 is 25.1 Å². The Hall–Kier alpha value is -6.17. The van der Waals surface area contributed by atoms with Gasteiger partial charge in [-0.05, 0) is 74.2 Å². The van der Waals surface area contributed by atoms with Crippen molar-refractivity contribution in [3.63, 3.8) is 0 Å². The third-order valence-corrected chi connectivity index (χ3v) is 8.17. The summed E-state index contributed by atoms with van der Waals surface area (Å²) in [4.78, 5) is 50.4. The Bertz CT molecular complexity index is 2160. The van der Waals surface area contributed by atoms with Crippen LogP contribution in [0.5, 0.6) is 23.0 Å². The highest BCUT2D eigenvalue weighted by molar-refractivity contribution is 6.04. The Kier molecular flexibility index (Phi) is 10.0. The molecule has 0 saturated carbocycles. The number of hydrogen-bond acceptors (Lipinski definition) is 9. The molecule has 1 aliphatic rings. The second-order valence-electron chi connectivity index (χ2n) is 12.9. The molecular formula is C39H39N5O7. The number of fused-ring (bicyclic) bond motifs is 1. The van der Waals surface area contributed by atoms with E-state index < -0.39 is 17.1 Å². The van der Waals surface area contributed by atoms with Gasteiger partial charge in [-0.2, -0.15) is 0 Å². The van der Waals surface area contributed by atoms with Gasteiger partial charge < -0.3 is 33.7 Å². The summed E-state index contributed by atoms with van der Waals surface area (Å²) >= 11 is 0. The number of anilines is 1. The van der Waals surface area contributed by atoms with Crippen molar-refractivity contribution in [3.05, 3.63) is 118 Å². The van der Waals surface area contributed by atoms with Crippen LogP contribution in [0, 0.1) is 0 Å². The minimum absolute atomic E-state index is 0.0336. The minimum Gasteiger partial charge on any atom is -0.493 e. The van der Waals surface area contributed by atoms with Gasteiger partial charge in [0.1, 0.15) is 28.5 Å². The number of pyridine rings is 3. The van der Waals surface area contributed by atoms with Gasteiger partial charge in [-0.25, -0.2) is 9.78 Å². The van der Waals surface area contributed by atoms with Crippen molar-refractivity contribution in [1.82, 2.24) is 19.4 Å². The number of hydrogen-bond donors (Lipinski definition) is 1. The number of nitrogens with zero attached hydrogens (tertiary/aromatic N) is 4. The lowest BCUT2D eigenvalue weighted by Crippen LogP contribution is -2.39. The number of carbonyl (C=O) groups is 2. The van der Waals surface area contributed by atoms with Crippen molar-refractivity contribution >= 4 is 34.3 Å². The van der Waals surface area contributed by atoms with Crippen LogP contribution in [0.3, 0.4) is 0 Å². The summed E-state index contributed by atoms with van der Waals surface area (Å²) in [5, 5.41) is 3.48. The average Bonchev–Trinajstić information content (AvgIpc) is 3.12. The maximum Gasteiger partial charge on any atom is 0.410 e. The lowest BCUT2D eigenvalue weighted by Gasteiger charge is -2.29. The van der Waals surface area contributed by atoms with Gasteiger partial charge in [0.2, 0.25) is 0 Å². The number of ether oxygens (including phenoxy) is 4. The summed E-state index contributed by atoms with van der Waals surface area (Å²) in [7, 11) is 3.12. The highest BCUT2D eigenvalue weighted by Crippen LogP contribution is 2.37.